The van der Waals surface area contributed by atoms with Gasteiger partial charge in [-0.3, -0.25) is 18.6 Å². The van der Waals surface area contributed by atoms with Crippen molar-refractivity contribution in [2.24, 2.45) is 7.05 Å². The number of halogens is 4. The fraction of sp³-hybridized carbons (Fsp3) is 0.174. The van der Waals surface area contributed by atoms with Gasteiger partial charge < -0.3 is 9.73 Å². The van der Waals surface area contributed by atoms with Crippen molar-refractivity contribution in [3.05, 3.63) is 97.3 Å². The summed E-state index contributed by atoms with van der Waals surface area (Å²) < 4.78 is 50.6. The molecule has 0 aliphatic rings. The van der Waals surface area contributed by atoms with E-state index in [1.54, 1.807) is 14.0 Å². The van der Waals surface area contributed by atoms with Crippen LogP contribution in [0.15, 0.2) is 50.7 Å². The van der Waals surface area contributed by atoms with Crippen LogP contribution in [0.2, 0.25) is 5.02 Å². The van der Waals surface area contributed by atoms with Gasteiger partial charge in [-0.15, -0.1) is 0 Å². The molecule has 0 saturated carbocycles. The first-order chi connectivity index (χ1) is 17.6. The topological polar surface area (TPSA) is 113 Å². The summed E-state index contributed by atoms with van der Waals surface area (Å²) in [4.78, 5) is 34.6. The van der Waals surface area contributed by atoms with E-state index in [4.69, 9.17) is 16.0 Å². The molecule has 0 bridgehead atoms. The average molecular weight is 532 g/mol. The maximum atomic E-state index is 14.5. The molecule has 0 fully saturated rings. The minimum absolute atomic E-state index is 0.0816. The molecule has 3 heterocycles. The molecular weight excluding hydrogens is 515 g/mol. The Morgan fingerprint density at radius 2 is 1.76 bits per heavy atom. The number of aromatic nitrogens is 6. The van der Waals surface area contributed by atoms with E-state index in [2.05, 4.69) is 20.4 Å². The molecule has 0 spiro atoms. The molecule has 0 radical (unpaired) electrons. The van der Waals surface area contributed by atoms with Crippen LogP contribution < -0.4 is 16.6 Å². The fourth-order valence-corrected chi connectivity index (χ4v) is 3.97. The Balaban J connectivity index is 1.64. The maximum absolute atomic E-state index is 14.5. The molecule has 0 unspecified atom stereocenters. The summed E-state index contributed by atoms with van der Waals surface area (Å²) in [6.45, 7) is 0.843. The highest BCUT2D eigenvalue weighted by Crippen LogP contribution is 2.30. The van der Waals surface area contributed by atoms with Gasteiger partial charge in [0, 0.05) is 37.7 Å². The standard InChI is InChI=1S/C23H17ClF3N7O3/c1-11-29-18-4-13(24)17(6-19(18)37-11)30-21-7-22(35)34(9-20-28-10-32(2)31-20)23(36)33(21)8-12-3-15(26)16(27)5-14(12)25/h3-7,10,30H,8-9H2,1-2H3. The predicted octanol–water partition coefficient (Wildman–Crippen LogP) is 3.50. The lowest BCUT2D eigenvalue weighted by molar-refractivity contribution is 0.486. The predicted molar refractivity (Wildman–Crippen MR) is 128 cm³/mol. The third-order valence-electron chi connectivity index (χ3n) is 5.49. The molecule has 0 aliphatic carbocycles. The zero-order valence-corrected chi connectivity index (χ0v) is 20.1. The normalized spacial score (nSPS) is 11.4. The third kappa shape index (κ3) is 4.72. The lowest BCUT2D eigenvalue weighted by atomic mass is 10.2. The number of oxazole rings is 1. The number of hydrogen-bond acceptors (Lipinski definition) is 7. The van der Waals surface area contributed by atoms with Crippen molar-refractivity contribution < 1.29 is 17.6 Å². The van der Waals surface area contributed by atoms with E-state index in [-0.39, 0.29) is 34.5 Å². The van der Waals surface area contributed by atoms with Gasteiger partial charge >= 0.3 is 5.69 Å². The zero-order valence-electron chi connectivity index (χ0n) is 19.3. The van der Waals surface area contributed by atoms with Crippen molar-refractivity contribution in [3.8, 4) is 0 Å². The number of nitrogens with one attached hydrogen (secondary N) is 1. The SMILES string of the molecule is Cc1nc2cc(Cl)c(Nc3cc(=O)n(Cc4ncn(C)n4)c(=O)n3Cc3cc(F)c(F)cc3F)cc2o1. The molecule has 0 aliphatic heterocycles. The van der Waals surface area contributed by atoms with Crippen LogP contribution in [0.1, 0.15) is 17.3 Å². The molecule has 10 nitrogen and oxygen atoms in total. The molecule has 2 aromatic carbocycles. The summed E-state index contributed by atoms with van der Waals surface area (Å²) in [5.74, 6) is -3.24. The monoisotopic (exact) mass is 531 g/mol. The summed E-state index contributed by atoms with van der Waals surface area (Å²) >= 11 is 6.37. The Morgan fingerprint density at radius 1 is 1.00 bits per heavy atom. The second-order valence-corrected chi connectivity index (χ2v) is 8.58. The van der Waals surface area contributed by atoms with Crippen molar-refractivity contribution in [2.75, 3.05) is 5.32 Å². The van der Waals surface area contributed by atoms with E-state index in [9.17, 15) is 22.8 Å². The van der Waals surface area contributed by atoms with Gasteiger partial charge in [-0.25, -0.2) is 27.9 Å². The van der Waals surface area contributed by atoms with Crippen molar-refractivity contribution in [2.45, 2.75) is 20.0 Å². The van der Waals surface area contributed by atoms with E-state index in [1.165, 1.54) is 23.1 Å². The van der Waals surface area contributed by atoms with Crippen LogP contribution >= 0.6 is 11.6 Å². The van der Waals surface area contributed by atoms with Crippen LogP contribution in [0.3, 0.4) is 0 Å². The lowest BCUT2D eigenvalue weighted by Gasteiger charge is -2.17. The van der Waals surface area contributed by atoms with Crippen LogP contribution in [-0.4, -0.2) is 28.9 Å². The number of aryl methyl sites for hydroxylation is 2. The Kier molecular flexibility index (Phi) is 6.07. The molecule has 190 valence electrons. The van der Waals surface area contributed by atoms with Gasteiger partial charge in [-0.2, -0.15) is 5.10 Å². The van der Waals surface area contributed by atoms with E-state index in [1.807, 2.05) is 0 Å². The van der Waals surface area contributed by atoms with E-state index in [0.29, 0.717) is 29.1 Å². The summed E-state index contributed by atoms with van der Waals surface area (Å²) in [6.07, 6.45) is 1.40. The van der Waals surface area contributed by atoms with Gasteiger partial charge in [0.25, 0.3) is 5.56 Å². The number of anilines is 2. The summed E-state index contributed by atoms with van der Waals surface area (Å²) in [5, 5.41) is 7.15. The van der Waals surface area contributed by atoms with Gasteiger partial charge in [0.1, 0.15) is 23.5 Å². The van der Waals surface area contributed by atoms with Crippen LogP contribution in [0, 0.1) is 24.4 Å². The lowest BCUT2D eigenvalue weighted by Crippen LogP contribution is -2.41. The smallest absolute Gasteiger partial charge is 0.333 e. The number of rotatable bonds is 6. The zero-order chi connectivity index (χ0) is 26.4. The summed E-state index contributed by atoms with van der Waals surface area (Å²) in [7, 11) is 1.62. The first kappa shape index (κ1) is 24.3. The van der Waals surface area contributed by atoms with Gasteiger partial charge in [0.2, 0.25) is 0 Å². The number of nitrogens with zero attached hydrogens (tertiary/aromatic N) is 6. The Hall–Kier alpha value is -4.39. The molecular formula is C23H17ClF3N7O3. The highest BCUT2D eigenvalue weighted by molar-refractivity contribution is 6.34. The molecule has 0 saturated heterocycles. The van der Waals surface area contributed by atoms with Gasteiger partial charge in [-0.1, -0.05) is 11.6 Å². The fourth-order valence-electron chi connectivity index (χ4n) is 3.77. The van der Waals surface area contributed by atoms with Crippen LogP contribution in [0.5, 0.6) is 0 Å². The van der Waals surface area contributed by atoms with Gasteiger partial charge in [-0.05, 0) is 12.1 Å². The first-order valence-corrected chi connectivity index (χ1v) is 11.1. The molecule has 0 atom stereocenters. The minimum Gasteiger partial charge on any atom is -0.441 e. The van der Waals surface area contributed by atoms with Gasteiger partial charge in [0.05, 0.1) is 23.8 Å². The number of hydrogen-bond donors (Lipinski definition) is 1. The van der Waals surface area contributed by atoms with E-state index in [0.717, 1.165) is 15.2 Å². The van der Waals surface area contributed by atoms with Crippen LogP contribution in [-0.2, 0) is 20.1 Å². The molecule has 0 amide bonds. The van der Waals surface area contributed by atoms with Crippen molar-refractivity contribution in [1.29, 1.82) is 0 Å². The van der Waals surface area contributed by atoms with Crippen molar-refractivity contribution >= 4 is 34.2 Å². The van der Waals surface area contributed by atoms with Crippen LogP contribution in [0.25, 0.3) is 11.1 Å². The summed E-state index contributed by atoms with van der Waals surface area (Å²) in [5.41, 5.74) is -0.772. The quantitative estimate of drug-likeness (QED) is 0.334. The maximum Gasteiger partial charge on any atom is 0.333 e. The van der Waals surface area contributed by atoms with Crippen LogP contribution in [0.4, 0.5) is 24.7 Å². The molecule has 3 aromatic heterocycles. The van der Waals surface area contributed by atoms with E-state index < -0.39 is 35.2 Å². The number of benzene rings is 2. The Bertz CT molecular complexity index is 1790. The number of fused-ring (bicyclic) bond motifs is 1. The van der Waals surface area contributed by atoms with Crippen molar-refractivity contribution in [3.63, 3.8) is 0 Å². The second kappa shape index (κ2) is 9.24. The minimum atomic E-state index is -1.37. The second-order valence-electron chi connectivity index (χ2n) is 8.17. The molecule has 5 rings (SSSR count). The van der Waals surface area contributed by atoms with Gasteiger partial charge in [0.15, 0.2) is 28.9 Å². The highest BCUT2D eigenvalue weighted by atomic mass is 35.5. The molecule has 1 N–H and O–H groups in total. The molecule has 14 heteroatoms. The molecule has 37 heavy (non-hydrogen) atoms. The Labute approximate surface area is 210 Å². The Morgan fingerprint density at radius 3 is 2.49 bits per heavy atom. The average Bonchev–Trinajstić information content (AvgIpc) is 3.40. The largest absolute Gasteiger partial charge is 0.441 e. The molecule has 5 aromatic rings. The first-order valence-electron chi connectivity index (χ1n) is 10.8. The summed E-state index contributed by atoms with van der Waals surface area (Å²) in [6, 6.07) is 5.17. The third-order valence-corrected chi connectivity index (χ3v) is 5.80. The van der Waals surface area contributed by atoms with E-state index >= 15 is 0 Å². The highest BCUT2D eigenvalue weighted by Gasteiger charge is 2.18. The van der Waals surface area contributed by atoms with Crippen molar-refractivity contribution in [1.82, 2.24) is 28.9 Å².